The van der Waals surface area contributed by atoms with Gasteiger partial charge in [0.15, 0.2) is 0 Å². The fraction of sp³-hybridized carbons (Fsp3) is 0.333. The van der Waals surface area contributed by atoms with Crippen molar-refractivity contribution in [3.63, 3.8) is 0 Å². The summed E-state index contributed by atoms with van der Waals surface area (Å²) >= 11 is 7.84. The molecular formula is C15H17ClN2S. The summed E-state index contributed by atoms with van der Waals surface area (Å²) in [5, 5.41) is 2.80. The Balaban J connectivity index is 1.81. The second-order valence-corrected chi connectivity index (χ2v) is 6.37. The van der Waals surface area contributed by atoms with Crippen molar-refractivity contribution in [1.29, 1.82) is 0 Å². The van der Waals surface area contributed by atoms with Crippen molar-refractivity contribution >= 4 is 22.9 Å². The number of nitrogens with one attached hydrogen (secondary N) is 1. The summed E-state index contributed by atoms with van der Waals surface area (Å²) in [5.74, 6) is 5.69. The van der Waals surface area contributed by atoms with E-state index in [1.54, 1.807) is 11.3 Å². The Labute approximate surface area is 122 Å². The number of thiophene rings is 1. The minimum Gasteiger partial charge on any atom is -0.271 e. The Kier molecular flexibility index (Phi) is 3.89. The zero-order valence-electron chi connectivity index (χ0n) is 10.7. The van der Waals surface area contributed by atoms with Crippen LogP contribution in [0.3, 0.4) is 0 Å². The van der Waals surface area contributed by atoms with Crippen LogP contribution < -0.4 is 11.3 Å². The molecule has 1 aromatic carbocycles. The van der Waals surface area contributed by atoms with Crippen LogP contribution in [0.1, 0.15) is 34.0 Å². The number of nitrogens with two attached hydrogens (primary N) is 1. The predicted molar refractivity (Wildman–Crippen MR) is 81.6 cm³/mol. The zero-order valence-corrected chi connectivity index (χ0v) is 12.2. The van der Waals surface area contributed by atoms with Gasteiger partial charge >= 0.3 is 0 Å². The molecule has 1 unspecified atom stereocenters. The molecule has 1 aliphatic carbocycles. The molecule has 0 fully saturated rings. The van der Waals surface area contributed by atoms with Gasteiger partial charge in [-0.15, -0.1) is 11.3 Å². The van der Waals surface area contributed by atoms with Gasteiger partial charge in [-0.25, -0.2) is 0 Å². The lowest BCUT2D eigenvalue weighted by Crippen LogP contribution is -2.29. The maximum Gasteiger partial charge on any atom is 0.0608 e. The first-order chi connectivity index (χ1) is 9.28. The summed E-state index contributed by atoms with van der Waals surface area (Å²) in [7, 11) is 0. The lowest BCUT2D eigenvalue weighted by molar-refractivity contribution is 0.560. The van der Waals surface area contributed by atoms with Crippen molar-refractivity contribution in [3.05, 3.63) is 56.2 Å². The molecule has 0 aliphatic heterocycles. The SMILES string of the molecule is NNC(Cc1ccc2c(c1)CCC2)c1sccc1Cl. The highest BCUT2D eigenvalue weighted by molar-refractivity contribution is 7.10. The summed E-state index contributed by atoms with van der Waals surface area (Å²) in [5.41, 5.74) is 7.23. The molecule has 0 bridgehead atoms. The molecule has 0 radical (unpaired) electrons. The maximum atomic E-state index is 6.19. The van der Waals surface area contributed by atoms with Gasteiger partial charge in [-0.2, -0.15) is 0 Å². The molecule has 2 nitrogen and oxygen atoms in total. The van der Waals surface area contributed by atoms with Gasteiger partial charge in [-0.05, 0) is 53.8 Å². The van der Waals surface area contributed by atoms with E-state index in [-0.39, 0.29) is 6.04 Å². The van der Waals surface area contributed by atoms with Crippen molar-refractivity contribution < 1.29 is 0 Å². The summed E-state index contributed by atoms with van der Waals surface area (Å²) in [6.45, 7) is 0. The number of hydrogen-bond acceptors (Lipinski definition) is 3. The van der Waals surface area contributed by atoms with E-state index in [1.807, 2.05) is 11.4 Å². The van der Waals surface area contributed by atoms with Crippen LogP contribution in [0.5, 0.6) is 0 Å². The fourth-order valence-electron chi connectivity index (χ4n) is 2.77. The Bertz CT molecular complexity index is 579. The van der Waals surface area contributed by atoms with E-state index in [9.17, 15) is 0 Å². The first kappa shape index (κ1) is 13.1. The van der Waals surface area contributed by atoms with Crippen LogP contribution >= 0.6 is 22.9 Å². The average molecular weight is 293 g/mol. The van der Waals surface area contributed by atoms with Gasteiger partial charge in [0.25, 0.3) is 0 Å². The molecule has 1 atom stereocenters. The van der Waals surface area contributed by atoms with Gasteiger partial charge in [0.05, 0.1) is 11.1 Å². The molecule has 0 saturated carbocycles. The molecule has 0 spiro atoms. The third kappa shape index (κ3) is 2.70. The quantitative estimate of drug-likeness (QED) is 0.667. The van der Waals surface area contributed by atoms with Crippen molar-refractivity contribution in [1.82, 2.24) is 5.43 Å². The van der Waals surface area contributed by atoms with Crippen LogP contribution in [-0.2, 0) is 19.3 Å². The molecule has 2 aromatic rings. The number of benzene rings is 1. The monoisotopic (exact) mass is 292 g/mol. The van der Waals surface area contributed by atoms with E-state index < -0.39 is 0 Å². The fourth-order valence-corrected chi connectivity index (χ4v) is 4.02. The molecule has 1 aliphatic rings. The van der Waals surface area contributed by atoms with Gasteiger partial charge in [0.2, 0.25) is 0 Å². The number of aryl methyl sites for hydroxylation is 2. The van der Waals surface area contributed by atoms with Crippen LogP contribution in [-0.4, -0.2) is 0 Å². The second-order valence-electron chi connectivity index (χ2n) is 5.01. The number of fused-ring (bicyclic) bond motifs is 1. The molecule has 3 rings (SSSR count). The summed E-state index contributed by atoms with van der Waals surface area (Å²) in [4.78, 5) is 1.12. The average Bonchev–Trinajstić information content (AvgIpc) is 3.04. The molecule has 0 amide bonds. The van der Waals surface area contributed by atoms with E-state index in [0.717, 1.165) is 16.3 Å². The van der Waals surface area contributed by atoms with Gasteiger partial charge in [-0.1, -0.05) is 29.8 Å². The lowest BCUT2D eigenvalue weighted by atomic mass is 10.0. The van der Waals surface area contributed by atoms with Crippen LogP contribution in [0.15, 0.2) is 29.6 Å². The van der Waals surface area contributed by atoms with Gasteiger partial charge < -0.3 is 0 Å². The Morgan fingerprint density at radius 2 is 2.11 bits per heavy atom. The van der Waals surface area contributed by atoms with Crippen molar-refractivity contribution in [3.8, 4) is 0 Å². The van der Waals surface area contributed by atoms with E-state index in [2.05, 4.69) is 23.6 Å². The van der Waals surface area contributed by atoms with E-state index in [1.165, 1.54) is 36.0 Å². The molecule has 19 heavy (non-hydrogen) atoms. The lowest BCUT2D eigenvalue weighted by Gasteiger charge is -2.15. The van der Waals surface area contributed by atoms with Gasteiger partial charge in [0, 0.05) is 4.88 Å². The van der Waals surface area contributed by atoms with E-state index >= 15 is 0 Å². The van der Waals surface area contributed by atoms with Gasteiger partial charge in [0.1, 0.15) is 0 Å². The number of rotatable bonds is 4. The summed E-state index contributed by atoms with van der Waals surface area (Å²) < 4.78 is 0. The van der Waals surface area contributed by atoms with Crippen LogP contribution in [0.4, 0.5) is 0 Å². The highest BCUT2D eigenvalue weighted by atomic mass is 35.5. The standard InChI is InChI=1S/C15H17ClN2S/c16-13-6-7-19-15(13)14(18-17)9-10-4-5-11-2-1-3-12(11)8-10/h4-8,14,18H,1-3,9,17H2. The van der Waals surface area contributed by atoms with Crippen LogP contribution in [0.2, 0.25) is 5.02 Å². The predicted octanol–water partition coefficient (Wildman–Crippen LogP) is 3.64. The molecule has 100 valence electrons. The highest BCUT2D eigenvalue weighted by Crippen LogP contribution is 2.31. The van der Waals surface area contributed by atoms with Crippen molar-refractivity contribution in [2.24, 2.45) is 5.84 Å². The number of hydrogen-bond donors (Lipinski definition) is 2. The largest absolute Gasteiger partial charge is 0.271 e. The van der Waals surface area contributed by atoms with Gasteiger partial charge in [-0.3, -0.25) is 11.3 Å². The number of halogens is 1. The second kappa shape index (κ2) is 5.63. The molecule has 1 aromatic heterocycles. The maximum absolute atomic E-state index is 6.19. The smallest absolute Gasteiger partial charge is 0.0608 e. The first-order valence-electron chi connectivity index (χ1n) is 6.57. The van der Waals surface area contributed by atoms with E-state index in [0.29, 0.717) is 0 Å². The third-order valence-electron chi connectivity index (χ3n) is 3.77. The van der Waals surface area contributed by atoms with Crippen LogP contribution in [0, 0.1) is 0 Å². The molecule has 0 saturated heterocycles. The normalized spacial score (nSPS) is 15.5. The van der Waals surface area contributed by atoms with Crippen LogP contribution in [0.25, 0.3) is 0 Å². The number of hydrazine groups is 1. The highest BCUT2D eigenvalue weighted by Gasteiger charge is 2.17. The molecule has 3 N–H and O–H groups in total. The molecular weight excluding hydrogens is 276 g/mol. The van der Waals surface area contributed by atoms with E-state index in [4.69, 9.17) is 17.4 Å². The Hall–Kier alpha value is -0.870. The summed E-state index contributed by atoms with van der Waals surface area (Å²) in [6, 6.07) is 8.83. The third-order valence-corrected chi connectivity index (χ3v) is 5.24. The minimum atomic E-state index is 0.0898. The first-order valence-corrected chi connectivity index (χ1v) is 7.83. The Morgan fingerprint density at radius 1 is 1.26 bits per heavy atom. The summed E-state index contributed by atoms with van der Waals surface area (Å²) in [6.07, 6.45) is 4.60. The minimum absolute atomic E-state index is 0.0898. The topological polar surface area (TPSA) is 38.0 Å². The molecule has 4 heteroatoms. The zero-order chi connectivity index (χ0) is 13.2. The van der Waals surface area contributed by atoms with Crippen molar-refractivity contribution in [2.75, 3.05) is 0 Å². The molecule has 1 heterocycles. The van der Waals surface area contributed by atoms with Crippen molar-refractivity contribution in [2.45, 2.75) is 31.7 Å². The Morgan fingerprint density at radius 3 is 2.84 bits per heavy atom.